The van der Waals surface area contributed by atoms with Crippen molar-refractivity contribution in [3.63, 3.8) is 0 Å². The van der Waals surface area contributed by atoms with Gasteiger partial charge < -0.3 is 14.4 Å². The van der Waals surface area contributed by atoms with Gasteiger partial charge in [0.25, 0.3) is 0 Å². The summed E-state index contributed by atoms with van der Waals surface area (Å²) in [6.45, 7) is 10.8. The lowest BCUT2D eigenvalue weighted by Gasteiger charge is -2.30. The zero-order chi connectivity index (χ0) is 22.4. The quantitative estimate of drug-likeness (QED) is 0.493. The maximum atomic E-state index is 11.3. The van der Waals surface area contributed by atoms with Crippen molar-refractivity contribution in [1.82, 2.24) is 14.5 Å². The van der Waals surface area contributed by atoms with E-state index in [1.165, 1.54) is 5.56 Å². The van der Waals surface area contributed by atoms with Crippen molar-refractivity contribution in [2.75, 3.05) is 19.7 Å². The van der Waals surface area contributed by atoms with E-state index < -0.39 is 11.4 Å². The molecule has 6 heteroatoms. The number of carbonyl (C=O) groups is 1. The zero-order valence-electron chi connectivity index (χ0n) is 18.9. The van der Waals surface area contributed by atoms with E-state index in [0.717, 1.165) is 36.8 Å². The fourth-order valence-corrected chi connectivity index (χ4v) is 3.77. The largest absolute Gasteiger partial charge is 0.492 e. The molecular weight excluding hydrogens is 390 g/mol. The molecule has 0 radical (unpaired) electrons. The first-order chi connectivity index (χ1) is 14.8. The molecule has 0 fully saturated rings. The van der Waals surface area contributed by atoms with Gasteiger partial charge in [0.05, 0.1) is 11.7 Å². The first kappa shape index (κ1) is 22.8. The van der Waals surface area contributed by atoms with E-state index in [-0.39, 0.29) is 6.61 Å². The van der Waals surface area contributed by atoms with Gasteiger partial charge in [-0.1, -0.05) is 38.1 Å². The Bertz CT molecular complexity index is 994. The molecule has 0 aliphatic carbocycles. The van der Waals surface area contributed by atoms with Crippen molar-refractivity contribution in [2.24, 2.45) is 5.41 Å². The number of carboxylic acid groups (broad SMARTS) is 1. The van der Waals surface area contributed by atoms with Gasteiger partial charge in [-0.15, -0.1) is 0 Å². The number of fused-ring (bicyclic) bond motifs is 1. The molecule has 0 aliphatic rings. The van der Waals surface area contributed by atoms with Crippen molar-refractivity contribution in [2.45, 2.75) is 46.7 Å². The predicted molar refractivity (Wildman–Crippen MR) is 123 cm³/mol. The fourth-order valence-electron chi connectivity index (χ4n) is 3.77. The van der Waals surface area contributed by atoms with Gasteiger partial charge in [0.1, 0.15) is 12.4 Å². The minimum absolute atomic E-state index is 0.131. The second kappa shape index (κ2) is 9.96. The number of carboxylic acids is 1. The van der Waals surface area contributed by atoms with Crippen LogP contribution in [0.25, 0.3) is 10.8 Å². The molecule has 6 nitrogen and oxygen atoms in total. The van der Waals surface area contributed by atoms with Crippen molar-refractivity contribution < 1.29 is 14.6 Å². The predicted octanol–water partition coefficient (Wildman–Crippen LogP) is 4.48. The van der Waals surface area contributed by atoms with Crippen LogP contribution in [0.15, 0.2) is 55.1 Å². The van der Waals surface area contributed by atoms with Crippen molar-refractivity contribution in [3.05, 3.63) is 60.7 Å². The van der Waals surface area contributed by atoms with Crippen LogP contribution in [0.1, 0.15) is 33.3 Å². The van der Waals surface area contributed by atoms with E-state index in [1.54, 1.807) is 13.8 Å². The highest BCUT2D eigenvalue weighted by Crippen LogP contribution is 2.25. The van der Waals surface area contributed by atoms with Gasteiger partial charge in [-0.05, 0) is 61.8 Å². The molecular formula is C25H33N3O3. The highest BCUT2D eigenvalue weighted by atomic mass is 16.5. The molecule has 166 valence electrons. The molecule has 0 bridgehead atoms. The first-order valence-electron chi connectivity index (χ1n) is 10.9. The Kier molecular flexibility index (Phi) is 7.33. The van der Waals surface area contributed by atoms with Crippen LogP contribution in [-0.2, 0) is 17.8 Å². The van der Waals surface area contributed by atoms with Crippen LogP contribution in [0.2, 0.25) is 0 Å². The molecule has 3 rings (SSSR count). The van der Waals surface area contributed by atoms with Gasteiger partial charge in [-0.25, -0.2) is 4.98 Å². The molecule has 0 saturated carbocycles. The summed E-state index contributed by atoms with van der Waals surface area (Å²) in [6.07, 6.45) is 6.68. The molecule has 1 N–H and O–H groups in total. The number of rotatable bonds is 11. The number of hydrogen-bond donors (Lipinski definition) is 1. The summed E-state index contributed by atoms with van der Waals surface area (Å²) in [4.78, 5) is 18.0. The summed E-state index contributed by atoms with van der Waals surface area (Å²) in [7, 11) is 0. The average Bonchev–Trinajstić information content (AvgIpc) is 3.26. The minimum atomic E-state index is -0.923. The normalized spacial score (nSPS) is 12.9. The highest BCUT2D eigenvalue weighted by Gasteiger charge is 2.28. The van der Waals surface area contributed by atoms with Crippen LogP contribution in [-0.4, -0.2) is 51.3 Å². The summed E-state index contributed by atoms with van der Waals surface area (Å²) in [5, 5.41) is 11.5. The van der Waals surface area contributed by atoms with Crippen LogP contribution < -0.4 is 4.74 Å². The van der Waals surface area contributed by atoms with Crippen LogP contribution >= 0.6 is 0 Å². The molecule has 3 aromatic rings. The first-order valence-corrected chi connectivity index (χ1v) is 10.9. The summed E-state index contributed by atoms with van der Waals surface area (Å²) in [5.41, 5.74) is 0.373. The molecule has 1 atom stereocenters. The fraction of sp³-hybridized carbons (Fsp3) is 0.440. The second-order valence-corrected chi connectivity index (χ2v) is 8.66. The minimum Gasteiger partial charge on any atom is -0.492 e. The number of likely N-dealkylation sites (N-methyl/N-ethyl adjacent to an activating group) is 1. The number of ether oxygens (including phenoxy) is 1. The van der Waals surface area contributed by atoms with E-state index in [1.807, 2.05) is 36.9 Å². The molecule has 0 saturated heterocycles. The monoisotopic (exact) mass is 423 g/mol. The molecule has 1 unspecified atom stereocenters. The van der Waals surface area contributed by atoms with Gasteiger partial charge in [0.2, 0.25) is 0 Å². The van der Waals surface area contributed by atoms with Gasteiger partial charge in [0.15, 0.2) is 0 Å². The third-order valence-electron chi connectivity index (χ3n) is 5.84. The van der Waals surface area contributed by atoms with Crippen molar-refractivity contribution >= 4 is 16.7 Å². The molecule has 0 amide bonds. The number of nitrogens with zero attached hydrogens (tertiary/aromatic N) is 3. The summed E-state index contributed by atoms with van der Waals surface area (Å²) in [5.74, 6) is -0.174. The van der Waals surface area contributed by atoms with E-state index in [9.17, 15) is 9.90 Å². The Balaban J connectivity index is 1.75. The van der Waals surface area contributed by atoms with Gasteiger partial charge in [0, 0.05) is 25.0 Å². The van der Waals surface area contributed by atoms with E-state index in [4.69, 9.17) is 4.74 Å². The molecule has 0 aliphatic heterocycles. The summed E-state index contributed by atoms with van der Waals surface area (Å²) in [6, 6.07) is 12.9. The number of aromatic nitrogens is 2. The zero-order valence-corrected chi connectivity index (χ0v) is 18.9. The summed E-state index contributed by atoms with van der Waals surface area (Å²) >= 11 is 0. The van der Waals surface area contributed by atoms with Crippen LogP contribution in [0, 0.1) is 5.41 Å². The lowest BCUT2D eigenvalue weighted by Crippen LogP contribution is -2.39. The van der Waals surface area contributed by atoms with Crippen molar-refractivity contribution in [1.29, 1.82) is 0 Å². The molecule has 2 aromatic carbocycles. The van der Waals surface area contributed by atoms with Gasteiger partial charge >= 0.3 is 5.97 Å². The topological polar surface area (TPSA) is 67.6 Å². The van der Waals surface area contributed by atoms with Crippen molar-refractivity contribution in [3.8, 4) is 5.75 Å². The lowest BCUT2D eigenvalue weighted by molar-refractivity contribution is -0.148. The summed E-state index contributed by atoms with van der Waals surface area (Å²) < 4.78 is 7.90. The maximum Gasteiger partial charge on any atom is 0.312 e. The molecule has 0 spiro atoms. The molecule has 31 heavy (non-hydrogen) atoms. The third-order valence-corrected chi connectivity index (χ3v) is 5.84. The van der Waals surface area contributed by atoms with Crippen LogP contribution in [0.3, 0.4) is 0 Å². The Morgan fingerprint density at radius 2 is 1.87 bits per heavy atom. The van der Waals surface area contributed by atoms with Crippen LogP contribution in [0.4, 0.5) is 0 Å². The van der Waals surface area contributed by atoms with E-state index >= 15 is 0 Å². The SMILES string of the molecule is CCN(CC)C(Cc1ccc2cc(OCC(C)(C)C(=O)O)ccc2c1)Cn1ccnc1. The average molecular weight is 424 g/mol. The standard InChI is InChI=1S/C25H33N3O3/c1-5-28(6-2)22(16-27-12-11-26-18-27)14-19-7-8-21-15-23(10-9-20(21)13-19)31-17-25(3,4)24(29)30/h7-13,15,18,22H,5-6,14,16-17H2,1-4H3,(H,29,30). The maximum absolute atomic E-state index is 11.3. The number of aliphatic carboxylic acids is 1. The third kappa shape index (κ3) is 5.85. The number of hydrogen-bond acceptors (Lipinski definition) is 4. The Morgan fingerprint density at radius 1 is 1.16 bits per heavy atom. The van der Waals surface area contributed by atoms with E-state index in [0.29, 0.717) is 11.8 Å². The van der Waals surface area contributed by atoms with Gasteiger partial charge in [-0.3, -0.25) is 9.69 Å². The Morgan fingerprint density at radius 3 is 2.52 bits per heavy atom. The van der Waals surface area contributed by atoms with Crippen LogP contribution in [0.5, 0.6) is 5.75 Å². The highest BCUT2D eigenvalue weighted by molar-refractivity contribution is 5.84. The smallest absolute Gasteiger partial charge is 0.312 e. The molecule has 1 heterocycles. The lowest BCUT2D eigenvalue weighted by atomic mass is 9.95. The van der Waals surface area contributed by atoms with E-state index in [2.05, 4.69) is 46.5 Å². The number of benzene rings is 2. The molecule has 1 aromatic heterocycles. The van der Waals surface area contributed by atoms with Gasteiger partial charge in [-0.2, -0.15) is 0 Å². The Hall–Kier alpha value is -2.86. The second-order valence-electron chi connectivity index (χ2n) is 8.66. The Labute approximate surface area is 184 Å². The number of imidazole rings is 1.